The summed E-state index contributed by atoms with van der Waals surface area (Å²) in [5.74, 6) is 0.339. The maximum Gasteiger partial charge on any atom is 0.115 e. The standard InChI is InChI=1S/C18H20O4/c19-15-7-3-13(4-8-15)18(21,11-1-2-17-12-22-17)14-5-9-16(20)10-6-14/h3-10,17,19-21H,1-2,11-12H2. The van der Waals surface area contributed by atoms with Gasteiger partial charge in [-0.25, -0.2) is 0 Å². The molecule has 0 radical (unpaired) electrons. The van der Waals surface area contributed by atoms with Crippen LogP contribution in [0.5, 0.6) is 11.5 Å². The van der Waals surface area contributed by atoms with Gasteiger partial charge in [0.25, 0.3) is 0 Å². The Labute approximate surface area is 129 Å². The highest BCUT2D eigenvalue weighted by Gasteiger charge is 2.32. The smallest absolute Gasteiger partial charge is 0.115 e. The van der Waals surface area contributed by atoms with Crippen LogP contribution in [0.3, 0.4) is 0 Å². The minimum Gasteiger partial charge on any atom is -0.508 e. The molecule has 0 aromatic heterocycles. The summed E-state index contributed by atoms with van der Waals surface area (Å²) >= 11 is 0. The summed E-state index contributed by atoms with van der Waals surface area (Å²) in [5, 5.41) is 30.2. The van der Waals surface area contributed by atoms with Crippen LogP contribution < -0.4 is 0 Å². The summed E-state index contributed by atoms with van der Waals surface area (Å²) < 4.78 is 5.22. The number of rotatable bonds is 6. The van der Waals surface area contributed by atoms with Gasteiger partial charge in [-0.1, -0.05) is 24.3 Å². The van der Waals surface area contributed by atoms with Crippen LogP contribution in [0.1, 0.15) is 30.4 Å². The van der Waals surface area contributed by atoms with E-state index >= 15 is 0 Å². The van der Waals surface area contributed by atoms with E-state index in [0.29, 0.717) is 12.5 Å². The molecule has 116 valence electrons. The van der Waals surface area contributed by atoms with E-state index in [4.69, 9.17) is 4.74 Å². The molecule has 0 saturated carbocycles. The summed E-state index contributed by atoms with van der Waals surface area (Å²) in [5.41, 5.74) is 0.316. The van der Waals surface area contributed by atoms with Crippen molar-refractivity contribution in [2.24, 2.45) is 0 Å². The highest BCUT2D eigenvalue weighted by atomic mass is 16.6. The van der Waals surface area contributed by atoms with Crippen LogP contribution in [-0.2, 0) is 10.3 Å². The Morgan fingerprint density at radius 3 is 1.77 bits per heavy atom. The fourth-order valence-corrected chi connectivity index (χ4v) is 2.75. The number of epoxide rings is 1. The summed E-state index contributed by atoms with van der Waals surface area (Å²) in [6, 6.07) is 13.2. The first kappa shape index (κ1) is 14.9. The maximum atomic E-state index is 11.3. The lowest BCUT2D eigenvalue weighted by molar-refractivity contribution is 0.0673. The van der Waals surface area contributed by atoms with Gasteiger partial charge in [0.15, 0.2) is 0 Å². The molecule has 4 heteroatoms. The molecule has 3 N–H and O–H groups in total. The van der Waals surface area contributed by atoms with Crippen molar-refractivity contribution in [2.75, 3.05) is 6.61 Å². The average Bonchev–Trinajstić information content (AvgIpc) is 3.32. The van der Waals surface area contributed by atoms with Gasteiger partial charge < -0.3 is 20.1 Å². The molecule has 3 rings (SSSR count). The van der Waals surface area contributed by atoms with Gasteiger partial charge in [-0.3, -0.25) is 0 Å². The van der Waals surface area contributed by atoms with Gasteiger partial charge in [-0.05, 0) is 54.7 Å². The number of benzene rings is 2. The van der Waals surface area contributed by atoms with E-state index in [1.54, 1.807) is 48.5 Å². The minimum absolute atomic E-state index is 0.170. The van der Waals surface area contributed by atoms with Gasteiger partial charge in [-0.2, -0.15) is 0 Å². The number of aliphatic hydroxyl groups is 1. The molecule has 2 aromatic carbocycles. The van der Waals surface area contributed by atoms with Crippen molar-refractivity contribution in [2.45, 2.75) is 31.0 Å². The van der Waals surface area contributed by atoms with Crippen LogP contribution in [0.4, 0.5) is 0 Å². The van der Waals surface area contributed by atoms with Gasteiger partial charge >= 0.3 is 0 Å². The lowest BCUT2D eigenvalue weighted by Crippen LogP contribution is -2.27. The number of hydrogen-bond acceptors (Lipinski definition) is 4. The molecule has 0 aliphatic carbocycles. The third-order valence-corrected chi connectivity index (χ3v) is 4.16. The summed E-state index contributed by atoms with van der Waals surface area (Å²) in [6.45, 7) is 0.816. The molecule has 1 fully saturated rings. The second-order valence-corrected chi connectivity index (χ2v) is 5.80. The fourth-order valence-electron chi connectivity index (χ4n) is 2.75. The van der Waals surface area contributed by atoms with Gasteiger partial charge in [0.1, 0.15) is 17.1 Å². The average molecular weight is 300 g/mol. The lowest BCUT2D eigenvalue weighted by atomic mass is 9.82. The zero-order chi connectivity index (χ0) is 15.6. The van der Waals surface area contributed by atoms with Crippen LogP contribution in [0, 0.1) is 0 Å². The van der Waals surface area contributed by atoms with Crippen LogP contribution >= 0.6 is 0 Å². The van der Waals surface area contributed by atoms with Gasteiger partial charge in [0.05, 0.1) is 12.7 Å². The number of aromatic hydroxyl groups is 2. The Bertz CT molecular complexity index is 569. The van der Waals surface area contributed by atoms with E-state index in [0.717, 1.165) is 30.6 Å². The van der Waals surface area contributed by atoms with E-state index in [2.05, 4.69) is 0 Å². The molecule has 1 aliphatic heterocycles. The van der Waals surface area contributed by atoms with E-state index in [9.17, 15) is 15.3 Å². The van der Waals surface area contributed by atoms with Crippen molar-refractivity contribution in [1.29, 1.82) is 0 Å². The summed E-state index contributed by atoms with van der Waals surface area (Å²) in [7, 11) is 0. The van der Waals surface area contributed by atoms with Crippen molar-refractivity contribution in [3.8, 4) is 11.5 Å². The highest BCUT2D eigenvalue weighted by Crippen LogP contribution is 2.36. The predicted molar refractivity (Wildman–Crippen MR) is 82.8 cm³/mol. The lowest BCUT2D eigenvalue weighted by Gasteiger charge is -2.29. The predicted octanol–water partition coefficient (Wildman–Crippen LogP) is 2.90. The minimum atomic E-state index is -1.14. The first-order valence-corrected chi connectivity index (χ1v) is 7.51. The largest absolute Gasteiger partial charge is 0.508 e. The van der Waals surface area contributed by atoms with E-state index in [1.165, 1.54) is 0 Å². The molecule has 1 heterocycles. The number of ether oxygens (including phenoxy) is 1. The fraction of sp³-hybridized carbons (Fsp3) is 0.333. The molecule has 0 spiro atoms. The van der Waals surface area contributed by atoms with Crippen molar-refractivity contribution < 1.29 is 20.1 Å². The number of phenolic OH excluding ortho intramolecular Hbond substituents is 2. The molecule has 2 aromatic rings. The zero-order valence-corrected chi connectivity index (χ0v) is 12.3. The summed E-state index contributed by atoms with van der Waals surface area (Å²) in [6.07, 6.45) is 2.66. The van der Waals surface area contributed by atoms with Gasteiger partial charge in [0, 0.05) is 0 Å². The van der Waals surface area contributed by atoms with Gasteiger partial charge in [-0.15, -0.1) is 0 Å². The Kier molecular flexibility index (Phi) is 4.05. The van der Waals surface area contributed by atoms with Crippen LogP contribution in [0.25, 0.3) is 0 Å². The molecular formula is C18H20O4. The maximum absolute atomic E-state index is 11.3. The van der Waals surface area contributed by atoms with Crippen molar-refractivity contribution >= 4 is 0 Å². The zero-order valence-electron chi connectivity index (χ0n) is 12.3. The monoisotopic (exact) mass is 300 g/mol. The first-order valence-electron chi connectivity index (χ1n) is 7.51. The number of hydrogen-bond donors (Lipinski definition) is 3. The second-order valence-electron chi connectivity index (χ2n) is 5.80. The van der Waals surface area contributed by atoms with Crippen molar-refractivity contribution in [3.63, 3.8) is 0 Å². The van der Waals surface area contributed by atoms with E-state index in [-0.39, 0.29) is 11.5 Å². The Morgan fingerprint density at radius 1 is 0.909 bits per heavy atom. The molecule has 4 nitrogen and oxygen atoms in total. The molecular weight excluding hydrogens is 280 g/mol. The highest BCUT2D eigenvalue weighted by molar-refractivity contribution is 5.40. The van der Waals surface area contributed by atoms with Crippen molar-refractivity contribution in [3.05, 3.63) is 59.7 Å². The SMILES string of the molecule is Oc1ccc(C(O)(CCCC2CO2)c2ccc(O)cc2)cc1. The molecule has 1 unspecified atom stereocenters. The van der Waals surface area contributed by atoms with Crippen molar-refractivity contribution in [1.82, 2.24) is 0 Å². The third-order valence-electron chi connectivity index (χ3n) is 4.16. The Hall–Kier alpha value is -2.04. The normalized spacial score (nSPS) is 17.4. The van der Waals surface area contributed by atoms with Crippen LogP contribution in [-0.4, -0.2) is 28.0 Å². The number of phenols is 2. The second kappa shape index (κ2) is 5.99. The van der Waals surface area contributed by atoms with Gasteiger partial charge in [0.2, 0.25) is 0 Å². The molecule has 1 atom stereocenters. The van der Waals surface area contributed by atoms with E-state index in [1.807, 2.05) is 0 Å². The van der Waals surface area contributed by atoms with Crippen LogP contribution in [0.2, 0.25) is 0 Å². The molecule has 1 saturated heterocycles. The topological polar surface area (TPSA) is 73.2 Å². The first-order chi connectivity index (χ1) is 10.6. The molecule has 1 aliphatic rings. The van der Waals surface area contributed by atoms with E-state index < -0.39 is 5.60 Å². The molecule has 22 heavy (non-hydrogen) atoms. The Morgan fingerprint density at radius 2 is 1.36 bits per heavy atom. The summed E-state index contributed by atoms with van der Waals surface area (Å²) in [4.78, 5) is 0. The molecule has 0 bridgehead atoms. The van der Waals surface area contributed by atoms with Crippen LogP contribution in [0.15, 0.2) is 48.5 Å². The molecule has 0 amide bonds. The Balaban J connectivity index is 1.88. The quantitative estimate of drug-likeness (QED) is 0.717. The third kappa shape index (κ3) is 3.24.